The van der Waals surface area contributed by atoms with E-state index in [0.29, 0.717) is 12.1 Å². The van der Waals surface area contributed by atoms with Gasteiger partial charge >= 0.3 is 0 Å². The second-order valence-electron chi connectivity index (χ2n) is 4.85. The quantitative estimate of drug-likeness (QED) is 0.897. The summed E-state index contributed by atoms with van der Waals surface area (Å²) < 4.78 is 13.2. The fourth-order valence-electron chi connectivity index (χ4n) is 2.03. The molecule has 0 bridgehead atoms. The maximum absolute atomic E-state index is 13.2. The molecule has 1 N–H and O–H groups in total. The van der Waals surface area contributed by atoms with Crippen LogP contribution in [0, 0.1) is 12.7 Å². The van der Waals surface area contributed by atoms with Crippen LogP contribution in [0.1, 0.15) is 11.1 Å². The molecule has 2 rings (SSSR count). The lowest BCUT2D eigenvalue weighted by molar-refractivity contribution is 0.617. The number of hydrogen-bond acceptors (Lipinski definition) is 2. The minimum absolute atomic E-state index is 0.155. The molecule has 0 spiro atoms. The fourth-order valence-corrected chi connectivity index (χ4v) is 2.03. The van der Waals surface area contributed by atoms with Crippen molar-refractivity contribution in [3.8, 4) is 0 Å². The van der Waals surface area contributed by atoms with Crippen molar-refractivity contribution >= 4 is 11.4 Å². The molecule has 3 heteroatoms. The number of para-hydroxylation sites is 2. The van der Waals surface area contributed by atoms with E-state index in [-0.39, 0.29) is 5.82 Å². The van der Waals surface area contributed by atoms with Crippen LogP contribution in [-0.4, -0.2) is 14.1 Å². The van der Waals surface area contributed by atoms with Gasteiger partial charge in [-0.15, -0.1) is 0 Å². The Hall–Kier alpha value is -2.03. The van der Waals surface area contributed by atoms with E-state index in [4.69, 9.17) is 0 Å². The minimum atomic E-state index is -0.155. The predicted octanol–water partition coefficient (Wildman–Crippen LogP) is 3.81. The summed E-state index contributed by atoms with van der Waals surface area (Å²) in [5.41, 5.74) is 3.98. The number of rotatable bonds is 4. The van der Waals surface area contributed by atoms with Crippen LogP contribution in [0.15, 0.2) is 42.5 Å². The van der Waals surface area contributed by atoms with Gasteiger partial charge in [-0.05, 0) is 36.2 Å². The van der Waals surface area contributed by atoms with Crippen LogP contribution < -0.4 is 10.2 Å². The zero-order valence-corrected chi connectivity index (χ0v) is 11.6. The third-order valence-corrected chi connectivity index (χ3v) is 3.09. The molecule has 2 aromatic carbocycles. The lowest BCUT2D eigenvalue weighted by Crippen LogP contribution is -2.12. The van der Waals surface area contributed by atoms with Crippen LogP contribution in [-0.2, 0) is 6.54 Å². The molecule has 2 aromatic rings. The van der Waals surface area contributed by atoms with Gasteiger partial charge in [0.25, 0.3) is 0 Å². The number of aryl methyl sites for hydroxylation is 1. The summed E-state index contributed by atoms with van der Waals surface area (Å²) in [5.74, 6) is -0.155. The molecule has 0 unspecified atom stereocenters. The van der Waals surface area contributed by atoms with Gasteiger partial charge in [0.1, 0.15) is 5.82 Å². The van der Waals surface area contributed by atoms with Crippen LogP contribution in [0.4, 0.5) is 15.8 Å². The number of nitrogens with zero attached hydrogens (tertiary/aromatic N) is 1. The van der Waals surface area contributed by atoms with E-state index in [1.165, 1.54) is 6.07 Å². The Labute approximate surface area is 113 Å². The molecule has 0 saturated carbocycles. The molecule has 0 aromatic heterocycles. The molecular weight excluding hydrogens is 239 g/mol. The van der Waals surface area contributed by atoms with Crippen LogP contribution in [0.3, 0.4) is 0 Å². The van der Waals surface area contributed by atoms with Gasteiger partial charge in [-0.3, -0.25) is 0 Å². The second kappa shape index (κ2) is 5.74. The highest BCUT2D eigenvalue weighted by molar-refractivity contribution is 5.69. The van der Waals surface area contributed by atoms with E-state index in [2.05, 4.69) is 16.3 Å². The van der Waals surface area contributed by atoms with Crippen molar-refractivity contribution in [3.63, 3.8) is 0 Å². The Morgan fingerprint density at radius 3 is 2.53 bits per heavy atom. The predicted molar refractivity (Wildman–Crippen MR) is 79.2 cm³/mol. The molecule has 19 heavy (non-hydrogen) atoms. The molecular formula is C16H19FN2. The Morgan fingerprint density at radius 1 is 1.11 bits per heavy atom. The number of anilines is 2. The molecule has 0 atom stereocenters. The van der Waals surface area contributed by atoms with Crippen molar-refractivity contribution in [1.82, 2.24) is 0 Å². The summed E-state index contributed by atoms with van der Waals surface area (Å²) in [4.78, 5) is 2.07. The summed E-state index contributed by atoms with van der Waals surface area (Å²) in [7, 11) is 4.03. The first-order chi connectivity index (χ1) is 9.08. The highest BCUT2D eigenvalue weighted by Crippen LogP contribution is 2.24. The first kappa shape index (κ1) is 13.4. The van der Waals surface area contributed by atoms with Gasteiger partial charge in [0.2, 0.25) is 0 Å². The molecule has 0 heterocycles. The summed E-state index contributed by atoms with van der Waals surface area (Å²) in [6.07, 6.45) is 0. The lowest BCUT2D eigenvalue weighted by Gasteiger charge is -2.18. The van der Waals surface area contributed by atoms with Gasteiger partial charge in [-0.2, -0.15) is 0 Å². The molecule has 0 aliphatic heterocycles. The van der Waals surface area contributed by atoms with Gasteiger partial charge in [0.05, 0.1) is 11.4 Å². The number of hydrogen-bond donors (Lipinski definition) is 1. The van der Waals surface area contributed by atoms with Crippen molar-refractivity contribution in [3.05, 3.63) is 59.4 Å². The van der Waals surface area contributed by atoms with Crippen LogP contribution >= 0.6 is 0 Å². The maximum atomic E-state index is 13.2. The summed E-state index contributed by atoms with van der Waals surface area (Å²) in [5, 5.41) is 3.39. The molecule has 100 valence electrons. The minimum Gasteiger partial charge on any atom is -0.379 e. The molecule has 0 fully saturated rings. The number of nitrogens with one attached hydrogen (secondary N) is 1. The molecule has 0 aliphatic rings. The van der Waals surface area contributed by atoms with Gasteiger partial charge < -0.3 is 10.2 Å². The Morgan fingerprint density at radius 2 is 1.84 bits per heavy atom. The number of halogens is 1. The first-order valence-electron chi connectivity index (χ1n) is 6.33. The average molecular weight is 258 g/mol. The lowest BCUT2D eigenvalue weighted by atomic mass is 10.1. The average Bonchev–Trinajstić information content (AvgIpc) is 2.40. The van der Waals surface area contributed by atoms with E-state index in [1.807, 2.05) is 44.4 Å². The highest BCUT2D eigenvalue weighted by atomic mass is 19.1. The van der Waals surface area contributed by atoms with Crippen LogP contribution in [0.2, 0.25) is 0 Å². The van der Waals surface area contributed by atoms with Crippen LogP contribution in [0.25, 0.3) is 0 Å². The fraction of sp³-hybridized carbons (Fsp3) is 0.250. The van der Waals surface area contributed by atoms with Crippen molar-refractivity contribution in [2.45, 2.75) is 13.5 Å². The Bertz CT molecular complexity index is 564. The number of benzene rings is 2. The zero-order valence-electron chi connectivity index (χ0n) is 11.6. The van der Waals surface area contributed by atoms with E-state index >= 15 is 0 Å². The topological polar surface area (TPSA) is 15.3 Å². The second-order valence-corrected chi connectivity index (χ2v) is 4.85. The third kappa shape index (κ3) is 3.25. The van der Waals surface area contributed by atoms with Gasteiger partial charge in [-0.25, -0.2) is 4.39 Å². The van der Waals surface area contributed by atoms with E-state index in [0.717, 1.165) is 16.9 Å². The third-order valence-electron chi connectivity index (χ3n) is 3.09. The molecule has 2 nitrogen and oxygen atoms in total. The van der Waals surface area contributed by atoms with Gasteiger partial charge in [0, 0.05) is 20.6 Å². The largest absolute Gasteiger partial charge is 0.379 e. The van der Waals surface area contributed by atoms with Crippen LogP contribution in [0.5, 0.6) is 0 Å². The normalized spacial score (nSPS) is 10.3. The van der Waals surface area contributed by atoms with E-state index < -0.39 is 0 Å². The van der Waals surface area contributed by atoms with Crippen molar-refractivity contribution in [2.75, 3.05) is 24.3 Å². The smallest absolute Gasteiger partial charge is 0.126 e. The van der Waals surface area contributed by atoms with Crippen molar-refractivity contribution < 1.29 is 4.39 Å². The highest BCUT2D eigenvalue weighted by Gasteiger charge is 2.04. The zero-order chi connectivity index (χ0) is 13.8. The molecule has 0 saturated heterocycles. The monoisotopic (exact) mass is 258 g/mol. The molecule has 0 amide bonds. The standard InChI is InChI=1S/C16H19FN2/c1-12-10-13(8-9-14(12)17)11-18-15-6-4-5-7-16(15)19(2)3/h4-10,18H,11H2,1-3H3. The maximum Gasteiger partial charge on any atom is 0.126 e. The first-order valence-corrected chi connectivity index (χ1v) is 6.33. The summed E-state index contributed by atoms with van der Waals surface area (Å²) >= 11 is 0. The Balaban J connectivity index is 2.12. The molecule has 0 aliphatic carbocycles. The van der Waals surface area contributed by atoms with Crippen molar-refractivity contribution in [2.24, 2.45) is 0 Å². The summed E-state index contributed by atoms with van der Waals surface area (Å²) in [6, 6.07) is 13.3. The van der Waals surface area contributed by atoms with Crippen molar-refractivity contribution in [1.29, 1.82) is 0 Å². The van der Waals surface area contributed by atoms with E-state index in [9.17, 15) is 4.39 Å². The SMILES string of the molecule is Cc1cc(CNc2ccccc2N(C)C)ccc1F. The summed E-state index contributed by atoms with van der Waals surface area (Å²) in [6.45, 7) is 2.47. The van der Waals surface area contributed by atoms with Gasteiger partial charge in [-0.1, -0.05) is 24.3 Å². The van der Waals surface area contributed by atoms with E-state index in [1.54, 1.807) is 6.92 Å². The van der Waals surface area contributed by atoms with Gasteiger partial charge in [0.15, 0.2) is 0 Å². The Kier molecular flexibility index (Phi) is 4.05. The molecule has 0 radical (unpaired) electrons.